The van der Waals surface area contributed by atoms with Crippen LogP contribution in [0.1, 0.15) is 11.3 Å². The normalized spacial score (nSPS) is 9.00. The van der Waals surface area contributed by atoms with Crippen molar-refractivity contribution in [1.29, 1.82) is 5.41 Å². The van der Waals surface area contributed by atoms with E-state index in [4.69, 9.17) is 5.41 Å². The number of aromatic nitrogens is 2. The smallest absolute Gasteiger partial charge is 0.115 e. The fourth-order valence-electron chi connectivity index (χ4n) is 0.543. The third-order valence-electron chi connectivity index (χ3n) is 1.10. The molecule has 0 aliphatic rings. The molecule has 9 heavy (non-hydrogen) atoms. The van der Waals surface area contributed by atoms with Gasteiger partial charge in [-0.25, -0.2) is 9.97 Å². The van der Waals surface area contributed by atoms with Crippen molar-refractivity contribution in [3.05, 3.63) is 23.8 Å². The highest BCUT2D eigenvalue weighted by atomic mass is 14.8. The lowest BCUT2D eigenvalue weighted by Crippen LogP contribution is -1.90. The standard InChI is InChI=1S/C6H7N3/c1-5-6(2-7)3-8-4-9-5/h2-4,7H,1H3. The summed E-state index contributed by atoms with van der Waals surface area (Å²) in [4.78, 5) is 7.64. The van der Waals surface area contributed by atoms with Gasteiger partial charge in [-0.1, -0.05) is 0 Å². The fraction of sp³-hybridized carbons (Fsp3) is 0.167. The van der Waals surface area contributed by atoms with Gasteiger partial charge < -0.3 is 5.41 Å². The lowest BCUT2D eigenvalue weighted by Gasteiger charge is -1.92. The van der Waals surface area contributed by atoms with Crippen molar-refractivity contribution in [1.82, 2.24) is 9.97 Å². The van der Waals surface area contributed by atoms with E-state index < -0.39 is 0 Å². The Hall–Kier alpha value is -1.25. The molecule has 0 radical (unpaired) electrons. The molecule has 0 aromatic carbocycles. The zero-order valence-electron chi connectivity index (χ0n) is 5.13. The maximum absolute atomic E-state index is 6.88. The van der Waals surface area contributed by atoms with Crippen LogP contribution in [0, 0.1) is 12.3 Å². The molecule has 0 unspecified atom stereocenters. The summed E-state index contributed by atoms with van der Waals surface area (Å²) in [6.45, 7) is 1.85. The van der Waals surface area contributed by atoms with E-state index in [9.17, 15) is 0 Å². The van der Waals surface area contributed by atoms with E-state index in [0.29, 0.717) is 0 Å². The van der Waals surface area contributed by atoms with Crippen molar-refractivity contribution in [2.24, 2.45) is 0 Å². The van der Waals surface area contributed by atoms with Crippen molar-refractivity contribution >= 4 is 6.21 Å². The molecule has 3 nitrogen and oxygen atoms in total. The minimum absolute atomic E-state index is 0.775. The average molecular weight is 121 g/mol. The van der Waals surface area contributed by atoms with E-state index in [0.717, 1.165) is 11.3 Å². The largest absolute Gasteiger partial charge is 0.308 e. The number of nitrogens with one attached hydrogen (secondary N) is 1. The van der Waals surface area contributed by atoms with Gasteiger partial charge in [0.25, 0.3) is 0 Å². The Kier molecular flexibility index (Phi) is 1.53. The van der Waals surface area contributed by atoms with Crippen LogP contribution in [-0.4, -0.2) is 16.2 Å². The maximum Gasteiger partial charge on any atom is 0.115 e. The first-order valence-corrected chi connectivity index (χ1v) is 2.61. The molecule has 0 bridgehead atoms. The Bertz CT molecular complexity index is 219. The molecule has 0 atom stereocenters. The average Bonchev–Trinajstić information content (AvgIpc) is 1.89. The van der Waals surface area contributed by atoms with Crippen molar-refractivity contribution < 1.29 is 0 Å². The highest BCUT2D eigenvalue weighted by Crippen LogP contribution is 1.95. The highest BCUT2D eigenvalue weighted by Gasteiger charge is 1.90. The van der Waals surface area contributed by atoms with Crippen LogP contribution in [0.3, 0.4) is 0 Å². The summed E-state index contributed by atoms with van der Waals surface area (Å²) in [5, 5.41) is 6.88. The molecule has 0 aliphatic carbocycles. The number of nitrogens with zero attached hydrogens (tertiary/aromatic N) is 2. The van der Waals surface area contributed by atoms with Gasteiger partial charge in [0.05, 0.1) is 0 Å². The molecule has 0 spiro atoms. The van der Waals surface area contributed by atoms with Crippen molar-refractivity contribution in [3.63, 3.8) is 0 Å². The van der Waals surface area contributed by atoms with Crippen molar-refractivity contribution in [3.8, 4) is 0 Å². The van der Waals surface area contributed by atoms with Crippen LogP contribution < -0.4 is 0 Å². The van der Waals surface area contributed by atoms with Crippen molar-refractivity contribution in [2.45, 2.75) is 6.92 Å². The SMILES string of the molecule is Cc1ncncc1C=N. The van der Waals surface area contributed by atoms with E-state index in [1.807, 2.05) is 6.92 Å². The molecule has 0 amide bonds. The van der Waals surface area contributed by atoms with Gasteiger partial charge in [0.15, 0.2) is 0 Å². The zero-order chi connectivity index (χ0) is 6.69. The van der Waals surface area contributed by atoms with Gasteiger partial charge in [-0.3, -0.25) is 0 Å². The number of aryl methyl sites for hydroxylation is 1. The predicted octanol–water partition coefficient (Wildman–Crippen LogP) is 0.783. The summed E-state index contributed by atoms with van der Waals surface area (Å²) >= 11 is 0. The monoisotopic (exact) mass is 121 g/mol. The first-order chi connectivity index (χ1) is 4.34. The second-order valence-corrected chi connectivity index (χ2v) is 1.71. The molecule has 3 heteroatoms. The summed E-state index contributed by atoms with van der Waals surface area (Å²) in [5.74, 6) is 0. The van der Waals surface area contributed by atoms with Gasteiger partial charge in [0, 0.05) is 23.7 Å². The Balaban J connectivity index is 3.15. The minimum Gasteiger partial charge on any atom is -0.308 e. The molecule has 0 saturated heterocycles. The lowest BCUT2D eigenvalue weighted by molar-refractivity contribution is 1.09. The highest BCUT2D eigenvalue weighted by molar-refractivity contribution is 5.77. The molecule has 0 aliphatic heterocycles. The maximum atomic E-state index is 6.88. The van der Waals surface area contributed by atoms with E-state index in [2.05, 4.69) is 9.97 Å². The fourth-order valence-corrected chi connectivity index (χ4v) is 0.543. The van der Waals surface area contributed by atoms with Crippen LogP contribution in [-0.2, 0) is 0 Å². The summed E-state index contributed by atoms with van der Waals surface area (Å²) in [5.41, 5.74) is 1.62. The zero-order valence-corrected chi connectivity index (χ0v) is 5.13. The molecule has 46 valence electrons. The van der Waals surface area contributed by atoms with Crippen molar-refractivity contribution in [2.75, 3.05) is 0 Å². The Morgan fingerprint density at radius 1 is 1.67 bits per heavy atom. The molecule has 1 heterocycles. The van der Waals surface area contributed by atoms with Crippen LogP contribution in [0.15, 0.2) is 12.5 Å². The Morgan fingerprint density at radius 3 is 2.89 bits per heavy atom. The summed E-state index contributed by atoms with van der Waals surface area (Å²) < 4.78 is 0. The molecular weight excluding hydrogens is 114 g/mol. The summed E-state index contributed by atoms with van der Waals surface area (Å²) in [7, 11) is 0. The number of rotatable bonds is 1. The Morgan fingerprint density at radius 2 is 2.44 bits per heavy atom. The third-order valence-corrected chi connectivity index (χ3v) is 1.10. The number of hydrogen-bond donors (Lipinski definition) is 1. The molecule has 0 saturated carbocycles. The lowest BCUT2D eigenvalue weighted by atomic mass is 10.3. The van der Waals surface area contributed by atoms with Gasteiger partial charge in [0.1, 0.15) is 6.33 Å². The van der Waals surface area contributed by atoms with E-state index in [1.165, 1.54) is 12.5 Å². The van der Waals surface area contributed by atoms with Gasteiger partial charge in [0.2, 0.25) is 0 Å². The van der Waals surface area contributed by atoms with Crippen LogP contribution in [0.25, 0.3) is 0 Å². The van der Waals surface area contributed by atoms with E-state index in [-0.39, 0.29) is 0 Å². The van der Waals surface area contributed by atoms with E-state index in [1.54, 1.807) is 6.20 Å². The molecule has 0 fully saturated rings. The number of hydrogen-bond acceptors (Lipinski definition) is 3. The molecule has 1 rings (SSSR count). The molecular formula is C6H7N3. The van der Waals surface area contributed by atoms with Crippen LogP contribution >= 0.6 is 0 Å². The minimum atomic E-state index is 0.775. The second kappa shape index (κ2) is 2.35. The first kappa shape index (κ1) is 5.88. The van der Waals surface area contributed by atoms with Crippen LogP contribution in [0.5, 0.6) is 0 Å². The van der Waals surface area contributed by atoms with Crippen LogP contribution in [0.2, 0.25) is 0 Å². The molecule has 1 aromatic heterocycles. The molecule has 1 N–H and O–H groups in total. The summed E-state index contributed by atoms with van der Waals surface area (Å²) in [6, 6.07) is 0. The predicted molar refractivity (Wildman–Crippen MR) is 34.7 cm³/mol. The Labute approximate surface area is 53.3 Å². The van der Waals surface area contributed by atoms with Crippen LogP contribution in [0.4, 0.5) is 0 Å². The van der Waals surface area contributed by atoms with Gasteiger partial charge in [-0.05, 0) is 6.92 Å². The summed E-state index contributed by atoms with van der Waals surface area (Å²) in [6.07, 6.45) is 4.34. The van der Waals surface area contributed by atoms with Gasteiger partial charge >= 0.3 is 0 Å². The third kappa shape index (κ3) is 1.10. The second-order valence-electron chi connectivity index (χ2n) is 1.71. The quantitative estimate of drug-likeness (QED) is 0.558. The molecule has 1 aromatic rings. The van der Waals surface area contributed by atoms with E-state index >= 15 is 0 Å². The first-order valence-electron chi connectivity index (χ1n) is 2.61. The van der Waals surface area contributed by atoms with Gasteiger partial charge in [-0.15, -0.1) is 0 Å². The topological polar surface area (TPSA) is 49.6 Å². The van der Waals surface area contributed by atoms with Gasteiger partial charge in [-0.2, -0.15) is 0 Å².